The zero-order valence-electron chi connectivity index (χ0n) is 10.5. The van der Waals surface area contributed by atoms with E-state index in [4.69, 9.17) is 0 Å². The first-order valence-corrected chi connectivity index (χ1v) is 6.53. The minimum Gasteiger partial charge on any atom is -0.465 e. The molecule has 2 aromatic rings. The molecule has 0 bridgehead atoms. The molecule has 1 heterocycles. The Morgan fingerprint density at radius 2 is 2.32 bits per heavy atom. The van der Waals surface area contributed by atoms with Crippen molar-refractivity contribution < 1.29 is 13.9 Å². The second-order valence-electron chi connectivity index (χ2n) is 3.92. The first kappa shape index (κ1) is 13.5. The predicted molar refractivity (Wildman–Crippen MR) is 71.9 cm³/mol. The van der Waals surface area contributed by atoms with Crippen LogP contribution in [0.5, 0.6) is 0 Å². The van der Waals surface area contributed by atoms with Crippen molar-refractivity contribution in [2.45, 2.75) is 13.0 Å². The van der Waals surface area contributed by atoms with E-state index >= 15 is 0 Å². The van der Waals surface area contributed by atoms with Gasteiger partial charge in [-0.1, -0.05) is 0 Å². The maximum absolute atomic E-state index is 13.7. The zero-order chi connectivity index (χ0) is 13.8. The number of hydrogen-bond donors (Lipinski definition) is 1. The normalized spacial score (nSPS) is 11.9. The number of carbonyl (C=O) groups excluding carboxylic acids is 1. The Hall–Kier alpha value is -1.95. The van der Waals surface area contributed by atoms with Gasteiger partial charge in [-0.2, -0.15) is 0 Å². The van der Waals surface area contributed by atoms with Crippen LogP contribution in [0.3, 0.4) is 0 Å². The molecule has 1 aromatic carbocycles. The fourth-order valence-corrected chi connectivity index (χ4v) is 2.27. The summed E-state index contributed by atoms with van der Waals surface area (Å²) in [6, 6.07) is 3.93. The second-order valence-corrected chi connectivity index (χ2v) is 4.85. The number of rotatable bonds is 4. The van der Waals surface area contributed by atoms with Crippen LogP contribution in [0.15, 0.2) is 29.8 Å². The highest BCUT2D eigenvalue weighted by Gasteiger charge is 2.13. The topological polar surface area (TPSA) is 51.2 Å². The Morgan fingerprint density at radius 3 is 2.95 bits per heavy atom. The van der Waals surface area contributed by atoms with Crippen LogP contribution in [0.25, 0.3) is 0 Å². The van der Waals surface area contributed by atoms with Gasteiger partial charge in [0.05, 0.1) is 24.4 Å². The lowest BCUT2D eigenvalue weighted by Crippen LogP contribution is -2.09. The lowest BCUT2D eigenvalue weighted by molar-refractivity contribution is 0.0600. The maximum atomic E-state index is 13.7. The third-order valence-electron chi connectivity index (χ3n) is 2.58. The van der Waals surface area contributed by atoms with Crippen molar-refractivity contribution in [2.75, 3.05) is 12.4 Å². The van der Waals surface area contributed by atoms with Gasteiger partial charge in [-0.05, 0) is 25.1 Å². The van der Waals surface area contributed by atoms with Crippen molar-refractivity contribution in [2.24, 2.45) is 0 Å². The van der Waals surface area contributed by atoms with Gasteiger partial charge in [-0.25, -0.2) is 14.2 Å². The van der Waals surface area contributed by atoms with Crippen LogP contribution in [0, 0.1) is 5.82 Å². The highest BCUT2D eigenvalue weighted by Crippen LogP contribution is 2.24. The van der Waals surface area contributed by atoms with Crippen LogP contribution in [0.2, 0.25) is 0 Å². The number of aromatic nitrogens is 1. The van der Waals surface area contributed by atoms with Crippen molar-refractivity contribution in [1.82, 2.24) is 4.98 Å². The summed E-state index contributed by atoms with van der Waals surface area (Å²) >= 11 is 1.48. The molecule has 1 N–H and O–H groups in total. The molecule has 4 nitrogen and oxygen atoms in total. The van der Waals surface area contributed by atoms with Crippen molar-refractivity contribution in [3.8, 4) is 0 Å². The van der Waals surface area contributed by atoms with E-state index in [9.17, 15) is 9.18 Å². The number of hydrogen-bond acceptors (Lipinski definition) is 5. The summed E-state index contributed by atoms with van der Waals surface area (Å²) in [5.41, 5.74) is 0.559. The predicted octanol–water partition coefficient (Wildman–Crippen LogP) is 3.24. The molecular formula is C13H13FN2O2S. The van der Waals surface area contributed by atoms with Gasteiger partial charge in [-0.15, -0.1) is 11.3 Å². The second kappa shape index (κ2) is 5.79. The summed E-state index contributed by atoms with van der Waals surface area (Å²) in [4.78, 5) is 15.6. The van der Waals surface area contributed by atoms with E-state index in [1.807, 2.05) is 12.3 Å². The SMILES string of the molecule is COC(=O)c1ccc(F)c(NC(C)c2nccs2)c1. The van der Waals surface area contributed by atoms with Crippen molar-refractivity contribution in [3.63, 3.8) is 0 Å². The van der Waals surface area contributed by atoms with E-state index < -0.39 is 11.8 Å². The molecule has 0 saturated carbocycles. The molecule has 6 heteroatoms. The minimum absolute atomic E-state index is 0.137. The standard InChI is InChI=1S/C13H13FN2O2S/c1-8(12-15-5-6-19-12)16-11-7-9(13(17)18-2)3-4-10(11)14/h3-8,16H,1-2H3. The van der Waals surface area contributed by atoms with E-state index in [1.54, 1.807) is 6.20 Å². The molecule has 100 valence electrons. The molecule has 0 fully saturated rings. The van der Waals surface area contributed by atoms with Gasteiger partial charge in [0, 0.05) is 11.6 Å². The van der Waals surface area contributed by atoms with E-state index in [0.29, 0.717) is 5.56 Å². The van der Waals surface area contributed by atoms with Gasteiger partial charge in [0.25, 0.3) is 0 Å². The number of halogens is 1. The number of nitrogens with zero attached hydrogens (tertiary/aromatic N) is 1. The first-order chi connectivity index (χ1) is 9.11. The van der Waals surface area contributed by atoms with Crippen molar-refractivity contribution >= 4 is 23.0 Å². The molecule has 0 aliphatic carbocycles. The van der Waals surface area contributed by atoms with Crippen LogP contribution < -0.4 is 5.32 Å². The fraction of sp³-hybridized carbons (Fsp3) is 0.231. The molecule has 0 amide bonds. The lowest BCUT2D eigenvalue weighted by Gasteiger charge is -2.14. The largest absolute Gasteiger partial charge is 0.465 e. The summed E-state index contributed by atoms with van der Waals surface area (Å²) in [6.07, 6.45) is 1.69. The van der Waals surface area contributed by atoms with E-state index in [0.717, 1.165) is 5.01 Å². The van der Waals surface area contributed by atoms with Crippen molar-refractivity contribution in [3.05, 3.63) is 46.2 Å². The van der Waals surface area contributed by atoms with Crippen LogP contribution in [0.1, 0.15) is 28.3 Å². The quantitative estimate of drug-likeness (QED) is 0.873. The van der Waals surface area contributed by atoms with Crippen molar-refractivity contribution in [1.29, 1.82) is 0 Å². The summed E-state index contributed by atoms with van der Waals surface area (Å²) in [5.74, 6) is -0.916. The average Bonchev–Trinajstić information content (AvgIpc) is 2.94. The molecule has 19 heavy (non-hydrogen) atoms. The molecule has 2 rings (SSSR count). The summed E-state index contributed by atoms with van der Waals surface area (Å²) in [7, 11) is 1.29. The average molecular weight is 280 g/mol. The monoisotopic (exact) mass is 280 g/mol. The highest BCUT2D eigenvalue weighted by molar-refractivity contribution is 7.09. The number of benzene rings is 1. The third kappa shape index (κ3) is 3.08. The number of carbonyl (C=O) groups is 1. The maximum Gasteiger partial charge on any atom is 0.337 e. The third-order valence-corrected chi connectivity index (χ3v) is 3.54. The Labute approximate surface area is 114 Å². The van der Waals surface area contributed by atoms with Gasteiger partial charge in [-0.3, -0.25) is 0 Å². The summed E-state index contributed by atoms with van der Waals surface area (Å²) in [6.45, 7) is 1.88. The minimum atomic E-state index is -0.495. The summed E-state index contributed by atoms with van der Waals surface area (Å²) in [5, 5.41) is 5.70. The van der Waals surface area contributed by atoms with E-state index in [2.05, 4.69) is 15.0 Å². The van der Waals surface area contributed by atoms with Crippen LogP contribution in [0.4, 0.5) is 10.1 Å². The number of methoxy groups -OCH3 is 1. The first-order valence-electron chi connectivity index (χ1n) is 5.65. The lowest BCUT2D eigenvalue weighted by atomic mass is 10.2. The fourth-order valence-electron chi connectivity index (χ4n) is 1.62. The molecule has 0 spiro atoms. The van der Waals surface area contributed by atoms with Crippen LogP contribution >= 0.6 is 11.3 Å². The summed E-state index contributed by atoms with van der Waals surface area (Å²) < 4.78 is 18.3. The number of nitrogens with one attached hydrogen (secondary N) is 1. The Bertz CT molecular complexity index is 572. The molecular weight excluding hydrogens is 267 g/mol. The van der Waals surface area contributed by atoms with Gasteiger partial charge in [0.15, 0.2) is 0 Å². The molecule has 0 aliphatic rings. The number of thiazole rings is 1. The van der Waals surface area contributed by atoms with Gasteiger partial charge >= 0.3 is 5.97 Å². The van der Waals surface area contributed by atoms with Gasteiger partial charge in [0.2, 0.25) is 0 Å². The molecule has 0 aliphatic heterocycles. The van der Waals surface area contributed by atoms with Gasteiger partial charge < -0.3 is 10.1 Å². The number of ether oxygens (including phenoxy) is 1. The molecule has 1 aromatic heterocycles. The molecule has 0 saturated heterocycles. The molecule has 0 radical (unpaired) electrons. The Morgan fingerprint density at radius 1 is 1.53 bits per heavy atom. The Kier molecular flexibility index (Phi) is 4.11. The molecule has 1 unspecified atom stereocenters. The zero-order valence-corrected chi connectivity index (χ0v) is 11.3. The Balaban J connectivity index is 2.22. The molecule has 1 atom stereocenters. The van der Waals surface area contributed by atoms with Crippen LogP contribution in [-0.2, 0) is 4.74 Å². The van der Waals surface area contributed by atoms with E-state index in [-0.39, 0.29) is 11.7 Å². The number of esters is 1. The van der Waals surface area contributed by atoms with E-state index in [1.165, 1.54) is 36.6 Å². The smallest absolute Gasteiger partial charge is 0.337 e. The van der Waals surface area contributed by atoms with Crippen LogP contribution in [-0.4, -0.2) is 18.1 Å². The highest BCUT2D eigenvalue weighted by atomic mass is 32.1. The number of anilines is 1. The van der Waals surface area contributed by atoms with Gasteiger partial charge in [0.1, 0.15) is 10.8 Å².